The van der Waals surface area contributed by atoms with E-state index < -0.39 is 12.8 Å². The second-order valence-electron chi connectivity index (χ2n) is 6.64. The van der Waals surface area contributed by atoms with Crippen LogP contribution in [0.2, 0.25) is 0 Å². The van der Waals surface area contributed by atoms with Crippen LogP contribution in [0.1, 0.15) is 16.7 Å². The van der Waals surface area contributed by atoms with Gasteiger partial charge in [0.1, 0.15) is 12.4 Å². The molecule has 7 nitrogen and oxygen atoms in total. The Labute approximate surface area is 202 Å². The standard InChI is InChI=1S/C21H27F3N4O3.HI/c1-15-4-6-17(18(10-15)30-9-8-29-3)13-28-20(25-2)27-12-16-5-7-19(26-11-16)31-14-21(22,23)24;/h4-7,10-11H,8-9,12-14H2,1-3H3,(H2,25,27,28);1H. The minimum absolute atomic E-state index is 0. The zero-order valence-electron chi connectivity index (χ0n) is 18.2. The lowest BCUT2D eigenvalue weighted by Gasteiger charge is -2.15. The molecule has 0 fully saturated rings. The van der Waals surface area contributed by atoms with E-state index in [1.807, 2.05) is 25.1 Å². The van der Waals surface area contributed by atoms with Crippen molar-refractivity contribution in [1.29, 1.82) is 0 Å². The fourth-order valence-electron chi connectivity index (χ4n) is 2.52. The van der Waals surface area contributed by atoms with E-state index in [-0.39, 0.29) is 29.9 Å². The molecule has 32 heavy (non-hydrogen) atoms. The number of halogens is 4. The third-order valence-electron chi connectivity index (χ3n) is 4.08. The Morgan fingerprint density at radius 1 is 1.06 bits per heavy atom. The number of alkyl halides is 3. The molecular weight excluding hydrogens is 540 g/mol. The number of aliphatic imine (C=N–C) groups is 1. The molecule has 0 aliphatic heterocycles. The minimum atomic E-state index is -4.40. The van der Waals surface area contributed by atoms with E-state index >= 15 is 0 Å². The fourth-order valence-corrected chi connectivity index (χ4v) is 2.52. The monoisotopic (exact) mass is 568 g/mol. The number of nitrogens with zero attached hydrogens (tertiary/aromatic N) is 2. The Morgan fingerprint density at radius 3 is 2.44 bits per heavy atom. The number of pyridine rings is 1. The highest BCUT2D eigenvalue weighted by Gasteiger charge is 2.28. The quantitative estimate of drug-likeness (QED) is 0.197. The average Bonchev–Trinajstić information content (AvgIpc) is 2.74. The van der Waals surface area contributed by atoms with Crippen LogP contribution < -0.4 is 20.1 Å². The molecule has 178 valence electrons. The van der Waals surface area contributed by atoms with Gasteiger partial charge >= 0.3 is 6.18 Å². The summed E-state index contributed by atoms with van der Waals surface area (Å²) in [7, 11) is 3.27. The van der Waals surface area contributed by atoms with Crippen molar-refractivity contribution in [2.45, 2.75) is 26.2 Å². The van der Waals surface area contributed by atoms with Gasteiger partial charge in [-0.3, -0.25) is 4.99 Å². The number of benzene rings is 1. The van der Waals surface area contributed by atoms with E-state index in [0.29, 0.717) is 32.3 Å². The van der Waals surface area contributed by atoms with Crippen molar-refractivity contribution in [1.82, 2.24) is 15.6 Å². The Kier molecular flexibility index (Phi) is 12.1. The summed E-state index contributed by atoms with van der Waals surface area (Å²) in [5.41, 5.74) is 2.83. The number of hydrogen-bond donors (Lipinski definition) is 2. The summed E-state index contributed by atoms with van der Waals surface area (Å²) < 4.78 is 52.0. The van der Waals surface area contributed by atoms with Crippen LogP contribution in [-0.4, -0.2) is 51.1 Å². The summed E-state index contributed by atoms with van der Waals surface area (Å²) in [4.78, 5) is 8.06. The third kappa shape index (κ3) is 10.4. The van der Waals surface area contributed by atoms with Crippen LogP contribution >= 0.6 is 24.0 Å². The number of hydrogen-bond acceptors (Lipinski definition) is 5. The SMILES string of the molecule is CN=C(NCc1ccc(OCC(F)(F)F)nc1)NCc1ccc(C)cc1OCCOC.I. The summed E-state index contributed by atoms with van der Waals surface area (Å²) in [6.45, 7) is 2.45. The van der Waals surface area contributed by atoms with Gasteiger partial charge in [0.25, 0.3) is 0 Å². The van der Waals surface area contributed by atoms with Crippen LogP contribution in [0.25, 0.3) is 0 Å². The lowest BCUT2D eigenvalue weighted by atomic mass is 10.1. The smallest absolute Gasteiger partial charge is 0.422 e. The van der Waals surface area contributed by atoms with Crippen molar-refractivity contribution >= 4 is 29.9 Å². The molecule has 0 radical (unpaired) electrons. The lowest BCUT2D eigenvalue weighted by molar-refractivity contribution is -0.154. The predicted molar refractivity (Wildman–Crippen MR) is 127 cm³/mol. The van der Waals surface area contributed by atoms with E-state index in [2.05, 4.69) is 25.3 Å². The Hall–Kier alpha value is -2.28. The van der Waals surface area contributed by atoms with E-state index in [1.165, 1.54) is 12.3 Å². The van der Waals surface area contributed by atoms with Crippen LogP contribution in [0, 0.1) is 6.92 Å². The first kappa shape index (κ1) is 27.8. The lowest BCUT2D eigenvalue weighted by Crippen LogP contribution is -2.36. The van der Waals surface area contributed by atoms with Gasteiger partial charge in [-0.05, 0) is 24.1 Å². The number of methoxy groups -OCH3 is 1. The Morgan fingerprint density at radius 2 is 1.81 bits per heavy atom. The van der Waals surface area contributed by atoms with Gasteiger partial charge in [-0.2, -0.15) is 13.2 Å². The predicted octanol–water partition coefficient (Wildman–Crippen LogP) is 3.84. The number of rotatable bonds is 10. The van der Waals surface area contributed by atoms with Gasteiger partial charge < -0.3 is 24.8 Å². The highest BCUT2D eigenvalue weighted by Crippen LogP contribution is 2.20. The molecule has 0 saturated carbocycles. The Bertz CT molecular complexity index is 849. The molecule has 0 spiro atoms. The molecule has 1 heterocycles. The molecule has 1 aromatic carbocycles. The van der Waals surface area contributed by atoms with Crippen molar-refractivity contribution in [3.8, 4) is 11.6 Å². The van der Waals surface area contributed by atoms with Crippen LogP contribution in [-0.2, 0) is 17.8 Å². The van der Waals surface area contributed by atoms with Gasteiger partial charge in [0, 0.05) is 45.1 Å². The molecule has 0 atom stereocenters. The molecule has 2 N–H and O–H groups in total. The number of aromatic nitrogens is 1. The summed E-state index contributed by atoms with van der Waals surface area (Å²) in [6.07, 6.45) is -2.94. The molecular formula is C21H28F3IN4O3. The normalized spacial score (nSPS) is 11.5. The van der Waals surface area contributed by atoms with Gasteiger partial charge in [-0.1, -0.05) is 18.2 Å². The van der Waals surface area contributed by atoms with E-state index in [9.17, 15) is 13.2 Å². The minimum Gasteiger partial charge on any atom is -0.491 e. The molecule has 2 rings (SSSR count). The zero-order valence-corrected chi connectivity index (χ0v) is 20.5. The van der Waals surface area contributed by atoms with Crippen LogP contribution in [0.15, 0.2) is 41.5 Å². The summed E-state index contributed by atoms with van der Waals surface area (Å²) in [5.74, 6) is 1.25. The zero-order chi connectivity index (χ0) is 22.7. The highest BCUT2D eigenvalue weighted by molar-refractivity contribution is 14.0. The first-order valence-electron chi connectivity index (χ1n) is 9.61. The maximum atomic E-state index is 12.2. The van der Waals surface area contributed by atoms with Gasteiger partial charge in [-0.25, -0.2) is 4.98 Å². The number of ether oxygens (including phenoxy) is 3. The average molecular weight is 568 g/mol. The molecule has 1 aromatic heterocycles. The second-order valence-corrected chi connectivity index (χ2v) is 6.64. The fraction of sp³-hybridized carbons (Fsp3) is 0.429. The first-order valence-corrected chi connectivity index (χ1v) is 9.61. The summed E-state index contributed by atoms with van der Waals surface area (Å²) >= 11 is 0. The molecule has 2 aromatic rings. The van der Waals surface area contributed by atoms with E-state index in [1.54, 1.807) is 20.2 Å². The highest BCUT2D eigenvalue weighted by atomic mass is 127. The van der Waals surface area contributed by atoms with Crippen molar-refractivity contribution < 1.29 is 27.4 Å². The van der Waals surface area contributed by atoms with Gasteiger partial charge in [0.15, 0.2) is 12.6 Å². The number of aryl methyl sites for hydroxylation is 1. The van der Waals surface area contributed by atoms with Crippen LogP contribution in [0.5, 0.6) is 11.6 Å². The van der Waals surface area contributed by atoms with Gasteiger partial charge in [-0.15, -0.1) is 24.0 Å². The van der Waals surface area contributed by atoms with Crippen molar-refractivity contribution in [2.75, 3.05) is 34.0 Å². The largest absolute Gasteiger partial charge is 0.491 e. The molecule has 0 saturated heterocycles. The molecule has 0 amide bonds. The van der Waals surface area contributed by atoms with E-state index in [4.69, 9.17) is 9.47 Å². The van der Waals surface area contributed by atoms with Crippen LogP contribution in [0.3, 0.4) is 0 Å². The summed E-state index contributed by atoms with van der Waals surface area (Å²) in [6, 6.07) is 9.00. The topological polar surface area (TPSA) is 77.0 Å². The second kappa shape index (κ2) is 14.0. The molecule has 0 aliphatic carbocycles. The molecule has 0 aliphatic rings. The van der Waals surface area contributed by atoms with Crippen molar-refractivity contribution in [3.63, 3.8) is 0 Å². The van der Waals surface area contributed by atoms with Crippen molar-refractivity contribution in [2.24, 2.45) is 4.99 Å². The maximum Gasteiger partial charge on any atom is 0.422 e. The molecule has 0 unspecified atom stereocenters. The third-order valence-corrected chi connectivity index (χ3v) is 4.08. The van der Waals surface area contributed by atoms with Crippen molar-refractivity contribution in [3.05, 3.63) is 53.2 Å². The maximum absolute atomic E-state index is 12.2. The van der Waals surface area contributed by atoms with Crippen LogP contribution in [0.4, 0.5) is 13.2 Å². The Balaban J connectivity index is 0.00000512. The van der Waals surface area contributed by atoms with Gasteiger partial charge in [0.05, 0.1) is 6.61 Å². The first-order chi connectivity index (χ1) is 14.8. The van der Waals surface area contributed by atoms with E-state index in [0.717, 1.165) is 22.4 Å². The molecule has 11 heteroatoms. The van der Waals surface area contributed by atoms with Gasteiger partial charge in [0.2, 0.25) is 5.88 Å². The molecule has 0 bridgehead atoms. The number of guanidine groups is 1. The number of nitrogens with one attached hydrogen (secondary N) is 2. The summed E-state index contributed by atoms with van der Waals surface area (Å²) in [5, 5.41) is 6.34.